The van der Waals surface area contributed by atoms with Crippen molar-refractivity contribution in [1.82, 2.24) is 9.88 Å². The molecule has 0 radical (unpaired) electrons. The molecule has 0 bridgehead atoms. The van der Waals surface area contributed by atoms with Gasteiger partial charge in [-0.3, -0.25) is 14.6 Å². The summed E-state index contributed by atoms with van der Waals surface area (Å²) in [6, 6.07) is 13.0. The minimum absolute atomic E-state index is 0.170. The highest BCUT2D eigenvalue weighted by atomic mass is 19.4. The van der Waals surface area contributed by atoms with Gasteiger partial charge in [-0.2, -0.15) is 13.2 Å². The van der Waals surface area contributed by atoms with Crippen molar-refractivity contribution in [2.75, 3.05) is 7.11 Å². The van der Waals surface area contributed by atoms with Crippen LogP contribution in [-0.2, 0) is 22.3 Å². The molecule has 1 unspecified atom stereocenters. The van der Waals surface area contributed by atoms with Gasteiger partial charge >= 0.3 is 6.18 Å². The molecule has 0 spiro atoms. The van der Waals surface area contributed by atoms with E-state index in [4.69, 9.17) is 4.74 Å². The Morgan fingerprint density at radius 2 is 1.76 bits per heavy atom. The van der Waals surface area contributed by atoms with Gasteiger partial charge in [0.05, 0.1) is 24.3 Å². The number of likely N-dealkylation sites (tertiary alicyclic amines) is 1. The van der Waals surface area contributed by atoms with Crippen LogP contribution in [0.25, 0.3) is 5.76 Å². The molecule has 0 saturated carbocycles. The largest absolute Gasteiger partial charge is 0.507 e. The Hall–Kier alpha value is -4.14. The van der Waals surface area contributed by atoms with Crippen LogP contribution in [0.3, 0.4) is 0 Å². The zero-order valence-corrected chi connectivity index (χ0v) is 17.9. The van der Waals surface area contributed by atoms with E-state index >= 15 is 0 Å². The van der Waals surface area contributed by atoms with Gasteiger partial charge < -0.3 is 14.7 Å². The number of benzene rings is 2. The van der Waals surface area contributed by atoms with Crippen LogP contribution >= 0.6 is 0 Å². The first-order valence-corrected chi connectivity index (χ1v) is 10.2. The molecule has 6 nitrogen and oxygen atoms in total. The number of aromatic nitrogens is 1. The maximum atomic E-state index is 13.2. The number of ether oxygens (including phenoxy) is 1. The summed E-state index contributed by atoms with van der Waals surface area (Å²) in [6.45, 7) is -0.267. The molecule has 1 saturated heterocycles. The summed E-state index contributed by atoms with van der Waals surface area (Å²) in [5.41, 5.74) is -0.104. The Balaban J connectivity index is 1.83. The topological polar surface area (TPSA) is 79.7 Å². The highest BCUT2D eigenvalue weighted by Gasteiger charge is 2.46. The van der Waals surface area contributed by atoms with Crippen molar-refractivity contribution in [2.45, 2.75) is 18.8 Å². The second-order valence-electron chi connectivity index (χ2n) is 7.64. The van der Waals surface area contributed by atoms with E-state index in [-0.39, 0.29) is 23.2 Å². The van der Waals surface area contributed by atoms with Crippen LogP contribution in [0.5, 0.6) is 5.75 Å². The van der Waals surface area contributed by atoms with Crippen LogP contribution in [0.2, 0.25) is 0 Å². The first-order valence-electron chi connectivity index (χ1n) is 10.2. The molecule has 1 aliphatic heterocycles. The normalized spacial score (nSPS) is 17.8. The van der Waals surface area contributed by atoms with E-state index in [2.05, 4.69) is 4.98 Å². The third kappa shape index (κ3) is 4.36. The number of nitrogens with zero attached hydrogens (tertiary/aromatic N) is 2. The number of Topliss-reactive ketones (excluding diaryl/α,β-unsaturated/α-hetero) is 1. The minimum atomic E-state index is -4.55. The number of hydrogen-bond donors (Lipinski definition) is 1. The predicted molar refractivity (Wildman–Crippen MR) is 117 cm³/mol. The quantitative estimate of drug-likeness (QED) is 0.333. The second kappa shape index (κ2) is 9.01. The summed E-state index contributed by atoms with van der Waals surface area (Å²) >= 11 is 0. The number of pyridine rings is 1. The molecule has 9 heteroatoms. The van der Waals surface area contributed by atoms with E-state index in [1.807, 2.05) is 0 Å². The Kier molecular flexibility index (Phi) is 6.10. The van der Waals surface area contributed by atoms with E-state index in [1.54, 1.807) is 30.3 Å². The minimum Gasteiger partial charge on any atom is -0.507 e. The van der Waals surface area contributed by atoms with Crippen LogP contribution in [0.1, 0.15) is 28.3 Å². The zero-order chi connectivity index (χ0) is 24.5. The summed E-state index contributed by atoms with van der Waals surface area (Å²) in [7, 11) is 1.45. The summed E-state index contributed by atoms with van der Waals surface area (Å²) in [4.78, 5) is 31.2. The number of carbonyl (C=O) groups is 2. The van der Waals surface area contributed by atoms with Crippen molar-refractivity contribution < 1.29 is 32.6 Å². The molecule has 2 aromatic carbocycles. The van der Waals surface area contributed by atoms with Crippen molar-refractivity contribution in [2.24, 2.45) is 0 Å². The van der Waals surface area contributed by atoms with Crippen LogP contribution in [0.15, 0.2) is 78.6 Å². The molecule has 34 heavy (non-hydrogen) atoms. The lowest BCUT2D eigenvalue weighted by Gasteiger charge is -2.25. The van der Waals surface area contributed by atoms with Crippen LogP contribution < -0.4 is 4.74 Å². The van der Waals surface area contributed by atoms with Crippen molar-refractivity contribution in [3.8, 4) is 5.75 Å². The summed E-state index contributed by atoms with van der Waals surface area (Å²) in [5.74, 6) is -1.84. The lowest BCUT2D eigenvalue weighted by Crippen LogP contribution is -2.29. The lowest BCUT2D eigenvalue weighted by atomic mass is 9.95. The zero-order valence-electron chi connectivity index (χ0n) is 17.9. The van der Waals surface area contributed by atoms with Crippen LogP contribution in [0.4, 0.5) is 13.2 Å². The predicted octanol–water partition coefficient (Wildman–Crippen LogP) is 4.73. The van der Waals surface area contributed by atoms with Crippen molar-refractivity contribution in [3.05, 3.63) is 101 Å². The first kappa shape index (κ1) is 23.0. The van der Waals surface area contributed by atoms with Crippen LogP contribution in [-0.4, -0.2) is 33.8 Å². The third-order valence-corrected chi connectivity index (χ3v) is 5.51. The van der Waals surface area contributed by atoms with Gasteiger partial charge in [0.15, 0.2) is 0 Å². The average Bonchev–Trinajstić information content (AvgIpc) is 3.08. The van der Waals surface area contributed by atoms with Gasteiger partial charge in [0.2, 0.25) is 0 Å². The first-order chi connectivity index (χ1) is 16.2. The molecular formula is C25H19F3N2O4. The molecule has 4 rings (SSSR count). The Morgan fingerprint density at radius 3 is 2.44 bits per heavy atom. The molecule has 0 aliphatic carbocycles. The number of ketones is 1. The number of rotatable bonds is 5. The van der Waals surface area contributed by atoms with Crippen molar-refractivity contribution in [3.63, 3.8) is 0 Å². The van der Waals surface area contributed by atoms with Crippen LogP contribution in [0, 0.1) is 0 Å². The Bertz CT molecular complexity index is 1270. The fourth-order valence-electron chi connectivity index (χ4n) is 3.90. The fourth-order valence-corrected chi connectivity index (χ4v) is 3.90. The van der Waals surface area contributed by atoms with Gasteiger partial charge in [-0.05, 0) is 47.5 Å². The number of halogens is 3. The monoisotopic (exact) mass is 468 g/mol. The molecule has 1 aliphatic rings. The SMILES string of the molecule is COc1cccc(/C(O)=C2\C(=O)C(=O)N(Cc3cccc(C(F)(F)F)c3)C2c2ccncc2)c1. The molecular weight excluding hydrogens is 449 g/mol. The number of aliphatic hydroxyl groups is 1. The number of hydrogen-bond acceptors (Lipinski definition) is 5. The van der Waals surface area contributed by atoms with E-state index in [1.165, 1.54) is 37.7 Å². The lowest BCUT2D eigenvalue weighted by molar-refractivity contribution is -0.140. The summed E-state index contributed by atoms with van der Waals surface area (Å²) in [5, 5.41) is 11.1. The molecule has 174 valence electrons. The molecule has 1 atom stereocenters. The summed E-state index contributed by atoms with van der Waals surface area (Å²) in [6.07, 6.45) is -1.63. The standard InChI is InChI=1S/C25H19F3N2O4/c1-34-19-7-3-5-17(13-19)22(31)20-21(16-8-10-29-11-9-16)30(24(33)23(20)32)14-15-4-2-6-18(12-15)25(26,27)28/h2-13,21,31H,14H2,1H3/b22-20+. The number of aliphatic hydroxyl groups excluding tert-OH is 1. The van der Waals surface area contributed by atoms with E-state index in [0.717, 1.165) is 17.0 Å². The number of amides is 1. The smallest absolute Gasteiger partial charge is 0.416 e. The van der Waals surface area contributed by atoms with Gasteiger partial charge in [-0.25, -0.2) is 0 Å². The van der Waals surface area contributed by atoms with E-state index < -0.39 is 35.2 Å². The fraction of sp³-hybridized carbons (Fsp3) is 0.160. The Morgan fingerprint density at radius 1 is 1.06 bits per heavy atom. The van der Waals surface area contributed by atoms with Gasteiger partial charge in [0, 0.05) is 24.5 Å². The van der Waals surface area contributed by atoms with Gasteiger partial charge in [-0.1, -0.05) is 24.3 Å². The van der Waals surface area contributed by atoms with E-state index in [0.29, 0.717) is 11.3 Å². The second-order valence-corrected chi connectivity index (χ2v) is 7.64. The molecule has 3 aromatic rings. The molecule has 1 aromatic heterocycles. The van der Waals surface area contributed by atoms with Gasteiger partial charge in [-0.15, -0.1) is 0 Å². The maximum Gasteiger partial charge on any atom is 0.416 e. The average molecular weight is 468 g/mol. The number of alkyl halides is 3. The van der Waals surface area contributed by atoms with Crippen molar-refractivity contribution in [1.29, 1.82) is 0 Å². The molecule has 2 heterocycles. The number of methoxy groups -OCH3 is 1. The highest BCUT2D eigenvalue weighted by molar-refractivity contribution is 6.46. The number of carbonyl (C=O) groups excluding carboxylic acids is 2. The highest BCUT2D eigenvalue weighted by Crippen LogP contribution is 2.40. The van der Waals surface area contributed by atoms with Gasteiger partial charge in [0.1, 0.15) is 11.5 Å². The third-order valence-electron chi connectivity index (χ3n) is 5.51. The molecule has 1 N–H and O–H groups in total. The Labute approximate surface area is 192 Å². The van der Waals surface area contributed by atoms with Crippen molar-refractivity contribution >= 4 is 17.4 Å². The summed E-state index contributed by atoms with van der Waals surface area (Å²) < 4.78 is 44.7. The maximum absolute atomic E-state index is 13.2. The van der Waals surface area contributed by atoms with E-state index in [9.17, 15) is 27.9 Å². The molecule has 1 fully saturated rings. The molecule has 1 amide bonds. The van der Waals surface area contributed by atoms with Gasteiger partial charge in [0.25, 0.3) is 11.7 Å².